The Morgan fingerprint density at radius 1 is 0.903 bits per heavy atom. The zero-order chi connectivity index (χ0) is 23.4. The summed E-state index contributed by atoms with van der Waals surface area (Å²) in [5, 5.41) is 5.55. The first-order chi connectivity index (χ1) is 14.6. The number of hydrogen-bond donors (Lipinski definition) is 2. The van der Waals surface area contributed by atoms with E-state index in [0.29, 0.717) is 25.9 Å². The lowest BCUT2D eigenvalue weighted by atomic mass is 10.0. The number of carbonyl (C=O) groups excluding carboxylic acids is 3. The molecule has 2 atom stereocenters. The molecule has 174 valence electrons. The summed E-state index contributed by atoms with van der Waals surface area (Å²) in [6.07, 6.45) is 2.33. The van der Waals surface area contributed by atoms with Crippen molar-refractivity contribution in [1.29, 1.82) is 0 Å². The molecular weight excluding hydrogens is 396 g/mol. The molecule has 0 bridgehead atoms. The highest BCUT2D eigenvalue weighted by Crippen LogP contribution is 2.13. The summed E-state index contributed by atoms with van der Waals surface area (Å²) in [6.45, 7) is 10.0. The van der Waals surface area contributed by atoms with Gasteiger partial charge in [-0.2, -0.15) is 0 Å². The normalized spacial score (nSPS) is 12.9. The van der Waals surface area contributed by atoms with Crippen LogP contribution in [-0.2, 0) is 19.1 Å². The van der Waals surface area contributed by atoms with Crippen LogP contribution in [0.2, 0.25) is 0 Å². The average molecular weight is 435 g/mol. The predicted octanol–water partition coefficient (Wildman–Crippen LogP) is 3.39. The number of nitrogens with one attached hydrogen (secondary N) is 2. The van der Waals surface area contributed by atoms with E-state index in [1.54, 1.807) is 13.8 Å². The highest BCUT2D eigenvalue weighted by atomic mass is 16.5. The Balaban J connectivity index is 2.59. The summed E-state index contributed by atoms with van der Waals surface area (Å²) in [5.74, 6) is -0.268. The van der Waals surface area contributed by atoms with Crippen LogP contribution in [0.3, 0.4) is 0 Å². The molecule has 0 radical (unpaired) electrons. The maximum absolute atomic E-state index is 12.8. The molecule has 0 heterocycles. The Bertz CT molecular complexity index is 700. The van der Waals surface area contributed by atoms with Crippen molar-refractivity contribution in [2.45, 2.75) is 72.4 Å². The van der Waals surface area contributed by atoms with Gasteiger partial charge in [-0.05, 0) is 50.7 Å². The van der Waals surface area contributed by atoms with Gasteiger partial charge in [-0.3, -0.25) is 9.59 Å². The molecule has 1 unspecified atom stereocenters. The minimum absolute atomic E-state index is 0.191. The molecule has 1 aromatic rings. The van der Waals surface area contributed by atoms with Gasteiger partial charge in [-0.15, -0.1) is 0 Å². The standard InChI is InChI=1S/C24H38N2O5/c1-16(2)15-21(26-22(27)17(3)4)23(28)25-20(24(29)30-6)9-7-8-14-31-19-12-10-18(5)11-13-19/h10-13,16-17,20-21H,7-9,14-15H2,1-6H3,(H,25,28)(H,26,27)/t20-,21?/m0/s1. The van der Waals surface area contributed by atoms with Crippen molar-refractivity contribution in [2.24, 2.45) is 11.8 Å². The summed E-state index contributed by atoms with van der Waals surface area (Å²) in [7, 11) is 1.30. The number of methoxy groups -OCH3 is 1. The van der Waals surface area contributed by atoms with E-state index in [2.05, 4.69) is 10.6 Å². The van der Waals surface area contributed by atoms with Crippen molar-refractivity contribution in [3.63, 3.8) is 0 Å². The average Bonchev–Trinajstić information content (AvgIpc) is 2.72. The van der Waals surface area contributed by atoms with Gasteiger partial charge in [0, 0.05) is 5.92 Å². The van der Waals surface area contributed by atoms with E-state index in [0.717, 1.165) is 12.2 Å². The third-order valence-electron chi connectivity index (χ3n) is 4.84. The summed E-state index contributed by atoms with van der Waals surface area (Å²) in [5.41, 5.74) is 1.17. The van der Waals surface area contributed by atoms with E-state index in [-0.39, 0.29) is 23.7 Å². The fourth-order valence-electron chi connectivity index (χ4n) is 2.98. The van der Waals surface area contributed by atoms with Crippen LogP contribution in [0.15, 0.2) is 24.3 Å². The van der Waals surface area contributed by atoms with Crippen LogP contribution < -0.4 is 15.4 Å². The molecular formula is C24H38N2O5. The summed E-state index contributed by atoms with van der Waals surface area (Å²) in [6, 6.07) is 6.38. The van der Waals surface area contributed by atoms with E-state index in [1.165, 1.54) is 12.7 Å². The molecule has 2 N–H and O–H groups in total. The molecule has 0 saturated heterocycles. The van der Waals surface area contributed by atoms with Crippen molar-refractivity contribution >= 4 is 17.8 Å². The molecule has 0 saturated carbocycles. The summed E-state index contributed by atoms with van der Waals surface area (Å²) < 4.78 is 10.6. The van der Waals surface area contributed by atoms with Crippen molar-refractivity contribution in [2.75, 3.05) is 13.7 Å². The Hall–Kier alpha value is -2.57. The molecule has 7 nitrogen and oxygen atoms in total. The third-order valence-corrected chi connectivity index (χ3v) is 4.84. The first-order valence-electron chi connectivity index (χ1n) is 11.0. The fourth-order valence-corrected chi connectivity index (χ4v) is 2.98. The molecule has 0 aliphatic carbocycles. The van der Waals surface area contributed by atoms with Crippen molar-refractivity contribution < 1.29 is 23.9 Å². The number of esters is 1. The lowest BCUT2D eigenvalue weighted by Gasteiger charge is -2.24. The smallest absolute Gasteiger partial charge is 0.328 e. The maximum atomic E-state index is 12.8. The SMILES string of the molecule is COC(=O)[C@H](CCCCOc1ccc(C)cc1)NC(=O)C(CC(C)C)NC(=O)C(C)C. The van der Waals surface area contributed by atoms with E-state index < -0.39 is 18.1 Å². The van der Waals surface area contributed by atoms with Gasteiger partial charge < -0.3 is 20.1 Å². The highest BCUT2D eigenvalue weighted by Gasteiger charge is 2.28. The number of carbonyl (C=O) groups is 3. The second kappa shape index (κ2) is 13.7. The number of rotatable bonds is 13. The Morgan fingerprint density at radius 2 is 1.52 bits per heavy atom. The van der Waals surface area contributed by atoms with Gasteiger partial charge in [0.05, 0.1) is 13.7 Å². The summed E-state index contributed by atoms with van der Waals surface area (Å²) in [4.78, 5) is 37.1. The molecule has 0 aliphatic heterocycles. The van der Waals surface area contributed by atoms with Gasteiger partial charge in [0.2, 0.25) is 11.8 Å². The molecule has 0 fully saturated rings. The molecule has 0 spiro atoms. The quantitative estimate of drug-likeness (QED) is 0.367. The van der Waals surface area contributed by atoms with Gasteiger partial charge in [0.1, 0.15) is 17.8 Å². The minimum atomic E-state index is -0.762. The number of amides is 2. The molecule has 7 heteroatoms. The Labute approximate surface area is 186 Å². The van der Waals surface area contributed by atoms with Crippen LogP contribution in [0.5, 0.6) is 5.75 Å². The summed E-state index contributed by atoms with van der Waals surface area (Å²) >= 11 is 0. The number of unbranched alkanes of at least 4 members (excludes halogenated alkanes) is 1. The highest BCUT2D eigenvalue weighted by molar-refractivity contribution is 5.91. The molecule has 2 amide bonds. The van der Waals surface area contributed by atoms with Crippen LogP contribution >= 0.6 is 0 Å². The first-order valence-corrected chi connectivity index (χ1v) is 11.0. The number of ether oxygens (including phenoxy) is 2. The molecule has 1 aromatic carbocycles. The van der Waals surface area contributed by atoms with Crippen molar-refractivity contribution in [1.82, 2.24) is 10.6 Å². The Kier molecular flexibility index (Phi) is 11.7. The number of aryl methyl sites for hydroxylation is 1. The van der Waals surface area contributed by atoms with Gasteiger partial charge in [-0.25, -0.2) is 4.79 Å². The van der Waals surface area contributed by atoms with Crippen LogP contribution in [0.1, 0.15) is 58.9 Å². The minimum Gasteiger partial charge on any atom is -0.494 e. The van der Waals surface area contributed by atoms with E-state index >= 15 is 0 Å². The second-order valence-corrected chi connectivity index (χ2v) is 8.59. The topological polar surface area (TPSA) is 93.7 Å². The van der Waals surface area contributed by atoms with Crippen LogP contribution in [0.25, 0.3) is 0 Å². The third kappa shape index (κ3) is 10.3. The van der Waals surface area contributed by atoms with Crippen molar-refractivity contribution in [3.8, 4) is 5.75 Å². The lowest BCUT2D eigenvalue weighted by Crippen LogP contribution is -2.52. The molecule has 0 aromatic heterocycles. The number of hydrogen-bond acceptors (Lipinski definition) is 5. The van der Waals surface area contributed by atoms with Crippen LogP contribution in [-0.4, -0.2) is 43.6 Å². The van der Waals surface area contributed by atoms with E-state index in [9.17, 15) is 14.4 Å². The van der Waals surface area contributed by atoms with E-state index in [4.69, 9.17) is 9.47 Å². The van der Waals surface area contributed by atoms with E-state index in [1.807, 2.05) is 45.0 Å². The van der Waals surface area contributed by atoms with Gasteiger partial charge in [0.15, 0.2) is 0 Å². The molecule has 31 heavy (non-hydrogen) atoms. The lowest BCUT2D eigenvalue weighted by molar-refractivity contribution is -0.145. The fraction of sp³-hybridized carbons (Fsp3) is 0.625. The monoisotopic (exact) mass is 434 g/mol. The molecule has 0 aliphatic rings. The van der Waals surface area contributed by atoms with Gasteiger partial charge >= 0.3 is 5.97 Å². The maximum Gasteiger partial charge on any atom is 0.328 e. The second-order valence-electron chi connectivity index (χ2n) is 8.59. The zero-order valence-electron chi connectivity index (χ0n) is 19.7. The zero-order valence-corrected chi connectivity index (χ0v) is 19.7. The predicted molar refractivity (Wildman–Crippen MR) is 121 cm³/mol. The Morgan fingerprint density at radius 3 is 2.06 bits per heavy atom. The van der Waals surface area contributed by atoms with Crippen molar-refractivity contribution in [3.05, 3.63) is 29.8 Å². The first kappa shape index (κ1) is 26.5. The largest absolute Gasteiger partial charge is 0.494 e. The van der Waals surface area contributed by atoms with Crippen LogP contribution in [0, 0.1) is 18.8 Å². The van der Waals surface area contributed by atoms with Gasteiger partial charge in [-0.1, -0.05) is 45.4 Å². The van der Waals surface area contributed by atoms with Gasteiger partial charge in [0.25, 0.3) is 0 Å². The van der Waals surface area contributed by atoms with Crippen LogP contribution in [0.4, 0.5) is 0 Å². The molecule has 1 rings (SSSR count). The number of benzene rings is 1.